The van der Waals surface area contributed by atoms with Crippen molar-refractivity contribution in [2.45, 2.75) is 4.90 Å². The van der Waals surface area contributed by atoms with E-state index in [2.05, 4.69) is 30.5 Å². The van der Waals surface area contributed by atoms with E-state index in [-0.39, 0.29) is 91.1 Å². The molecule has 4 rings (SSSR count). The van der Waals surface area contributed by atoms with Crippen molar-refractivity contribution >= 4 is 73.1 Å². The summed E-state index contributed by atoms with van der Waals surface area (Å²) in [5.41, 5.74) is -1.13. The molecule has 1 N–H and O–H groups in total. The SMILES string of the molecule is O=C([O-])c1ccccc1N=Nc1c([O-])cc2ccc(Nc3nc(Cl)nc(Cl)n3)cc2c1S(=O)(=O)[O-].[Cr+2].[Na+]. The molecule has 0 saturated heterocycles. The number of aromatic nitrogens is 3. The molecule has 0 aliphatic carbocycles. The number of nitrogens with zero attached hydrogens (tertiary/aromatic N) is 5. The van der Waals surface area contributed by atoms with Crippen LogP contribution in [0, 0.1) is 0 Å². The fourth-order valence-corrected chi connectivity index (χ4v) is 4.29. The van der Waals surface area contributed by atoms with Crippen LogP contribution in [-0.4, -0.2) is 33.9 Å². The molecular formula is C20H9Cl2CrN6NaO6S. The van der Waals surface area contributed by atoms with E-state index >= 15 is 0 Å². The first-order valence-electron chi connectivity index (χ1n) is 9.33. The minimum Gasteiger partial charge on any atom is -0.871 e. The van der Waals surface area contributed by atoms with Crippen LogP contribution in [0.1, 0.15) is 10.4 Å². The first-order chi connectivity index (χ1) is 16.5. The molecule has 182 valence electrons. The van der Waals surface area contributed by atoms with Crippen molar-refractivity contribution in [3.8, 4) is 5.75 Å². The maximum atomic E-state index is 12.6. The second-order valence-corrected chi connectivity index (χ2v) is 8.76. The van der Waals surface area contributed by atoms with Gasteiger partial charge in [0, 0.05) is 16.6 Å². The second-order valence-electron chi connectivity index (χ2n) is 6.77. The van der Waals surface area contributed by atoms with Crippen LogP contribution in [0.25, 0.3) is 10.8 Å². The molecular weight excluding hydrogens is 598 g/mol. The third kappa shape index (κ3) is 7.14. The number of benzene rings is 3. The largest absolute Gasteiger partial charge is 2.00 e. The normalized spacial score (nSPS) is 11.1. The number of azo groups is 1. The minimum absolute atomic E-state index is 0. The molecule has 0 atom stereocenters. The predicted molar refractivity (Wildman–Crippen MR) is 119 cm³/mol. The number of carboxylic acids is 1. The molecule has 12 nitrogen and oxygen atoms in total. The van der Waals surface area contributed by atoms with Crippen LogP contribution in [0.4, 0.5) is 23.0 Å². The summed E-state index contributed by atoms with van der Waals surface area (Å²) in [6.45, 7) is 0. The van der Waals surface area contributed by atoms with Gasteiger partial charge in [-0.1, -0.05) is 36.1 Å². The monoisotopic (exact) mass is 606 g/mol. The van der Waals surface area contributed by atoms with Crippen LogP contribution in [0.15, 0.2) is 63.7 Å². The average Bonchev–Trinajstić information content (AvgIpc) is 2.76. The molecule has 1 aromatic heterocycles. The number of hydrogen-bond acceptors (Lipinski definition) is 12. The van der Waals surface area contributed by atoms with Gasteiger partial charge in [0.05, 0.1) is 22.2 Å². The van der Waals surface area contributed by atoms with Gasteiger partial charge in [0.25, 0.3) is 0 Å². The van der Waals surface area contributed by atoms with E-state index in [9.17, 15) is 28.0 Å². The molecule has 0 aliphatic heterocycles. The number of halogens is 2. The Morgan fingerprint density at radius 3 is 2.24 bits per heavy atom. The standard InChI is InChI=1S/C20H12Cl2N6O6S.Cr.Na/c21-18-24-19(22)26-20(25-18)23-10-6-5-9-7-14(29)15(16(12(9)8-10)35(32,33)34)28-27-13-4-2-1-3-11(13)17(30)31;;/h1-8,29H,(H,30,31)(H,32,33,34)(H,23,24,25,26);;/q;+2;+1/p-3. The van der Waals surface area contributed by atoms with Crippen LogP contribution in [-0.2, 0) is 27.5 Å². The molecule has 0 unspecified atom stereocenters. The third-order valence-corrected chi connectivity index (χ3v) is 5.75. The number of aromatic carboxylic acids is 1. The van der Waals surface area contributed by atoms with Gasteiger partial charge >= 0.3 is 46.9 Å². The van der Waals surface area contributed by atoms with E-state index in [4.69, 9.17) is 23.2 Å². The van der Waals surface area contributed by atoms with E-state index in [1.165, 1.54) is 42.5 Å². The van der Waals surface area contributed by atoms with Gasteiger partial charge in [-0.25, -0.2) is 8.42 Å². The van der Waals surface area contributed by atoms with Gasteiger partial charge in [-0.15, -0.1) is 10.2 Å². The number of carbonyl (C=O) groups excluding carboxylic acids is 1. The van der Waals surface area contributed by atoms with E-state index in [0.29, 0.717) is 0 Å². The third-order valence-electron chi connectivity index (χ3n) is 4.50. The molecule has 1 heterocycles. The zero-order chi connectivity index (χ0) is 25.3. The number of fused-ring (bicyclic) bond motifs is 1. The number of carboxylic acid groups (broad SMARTS) is 1. The Kier molecular flexibility index (Phi) is 10.4. The summed E-state index contributed by atoms with van der Waals surface area (Å²) in [6.07, 6.45) is 0. The van der Waals surface area contributed by atoms with E-state index < -0.39 is 32.4 Å². The smallest absolute Gasteiger partial charge is 0.871 e. The first kappa shape index (κ1) is 30.8. The number of rotatable bonds is 6. The van der Waals surface area contributed by atoms with Crippen molar-refractivity contribution < 1.29 is 74.9 Å². The minimum atomic E-state index is -5.26. The predicted octanol–water partition coefficient (Wildman–Crippen LogP) is -0.167. The van der Waals surface area contributed by atoms with Crippen LogP contribution in [0.2, 0.25) is 10.6 Å². The quantitative estimate of drug-likeness (QED) is 0.175. The van der Waals surface area contributed by atoms with Crippen LogP contribution in [0.3, 0.4) is 0 Å². The van der Waals surface area contributed by atoms with Crippen molar-refractivity contribution in [1.29, 1.82) is 0 Å². The molecule has 0 amide bonds. The van der Waals surface area contributed by atoms with Crippen molar-refractivity contribution in [2.75, 3.05) is 5.32 Å². The summed E-state index contributed by atoms with van der Waals surface area (Å²) in [5.74, 6) is -2.55. The zero-order valence-corrected chi connectivity index (χ0v) is 24.0. The Hall–Kier alpha value is -2.38. The van der Waals surface area contributed by atoms with Crippen molar-refractivity contribution in [1.82, 2.24) is 15.0 Å². The molecule has 0 bridgehead atoms. The number of hydrogen-bond donors (Lipinski definition) is 1. The van der Waals surface area contributed by atoms with Gasteiger partial charge in [0.2, 0.25) is 16.5 Å². The Morgan fingerprint density at radius 1 is 0.973 bits per heavy atom. The summed E-state index contributed by atoms with van der Waals surface area (Å²) in [6, 6.07) is 10.5. The average molecular weight is 607 g/mol. The Labute approximate surface area is 252 Å². The Balaban J connectivity index is 0.00000241. The molecule has 0 radical (unpaired) electrons. The first-order valence-corrected chi connectivity index (χ1v) is 11.5. The van der Waals surface area contributed by atoms with Gasteiger partial charge in [-0.05, 0) is 46.8 Å². The van der Waals surface area contributed by atoms with Crippen molar-refractivity contribution in [2.24, 2.45) is 10.2 Å². The maximum absolute atomic E-state index is 12.6. The van der Waals surface area contributed by atoms with Gasteiger partial charge in [-0.3, -0.25) is 0 Å². The van der Waals surface area contributed by atoms with Crippen LogP contribution >= 0.6 is 23.2 Å². The van der Waals surface area contributed by atoms with Gasteiger partial charge in [-0.2, -0.15) is 15.0 Å². The van der Waals surface area contributed by atoms with Crippen molar-refractivity contribution in [3.05, 3.63) is 64.7 Å². The van der Waals surface area contributed by atoms with E-state index in [0.717, 1.165) is 6.07 Å². The fraction of sp³-hybridized carbons (Fsp3) is 0. The summed E-state index contributed by atoms with van der Waals surface area (Å²) in [4.78, 5) is 21.6. The molecule has 0 aliphatic rings. The Morgan fingerprint density at radius 2 is 1.62 bits per heavy atom. The van der Waals surface area contributed by atoms with E-state index in [1.807, 2.05) is 0 Å². The topological polar surface area (TPSA) is 196 Å². The molecule has 37 heavy (non-hydrogen) atoms. The van der Waals surface area contributed by atoms with Gasteiger partial charge in [0.1, 0.15) is 10.1 Å². The summed E-state index contributed by atoms with van der Waals surface area (Å²) in [5, 5.41) is 33.5. The summed E-state index contributed by atoms with van der Waals surface area (Å²) >= 11 is 11.5. The molecule has 0 saturated carbocycles. The van der Waals surface area contributed by atoms with E-state index in [1.54, 1.807) is 0 Å². The molecule has 17 heteroatoms. The zero-order valence-electron chi connectivity index (χ0n) is 18.4. The maximum Gasteiger partial charge on any atom is 2.00 e. The second kappa shape index (κ2) is 12.4. The number of anilines is 2. The summed E-state index contributed by atoms with van der Waals surface area (Å²) in [7, 11) is -5.26. The van der Waals surface area contributed by atoms with Crippen molar-refractivity contribution in [3.63, 3.8) is 0 Å². The van der Waals surface area contributed by atoms with Crippen LogP contribution < -0.4 is 45.1 Å². The molecule has 0 fully saturated rings. The number of carbonyl (C=O) groups is 1. The molecule has 0 spiro atoms. The van der Waals surface area contributed by atoms with Crippen LogP contribution in [0.5, 0.6) is 5.75 Å². The molecule has 3 aromatic carbocycles. The summed E-state index contributed by atoms with van der Waals surface area (Å²) < 4.78 is 36.5. The Bertz CT molecular complexity index is 1620. The van der Waals surface area contributed by atoms with Gasteiger partial charge in [0.15, 0.2) is 0 Å². The molecule has 4 aromatic rings. The van der Waals surface area contributed by atoms with Gasteiger partial charge < -0.3 is 24.9 Å². The number of nitrogens with one attached hydrogen (secondary N) is 1. The fourth-order valence-electron chi connectivity index (χ4n) is 3.10.